The lowest BCUT2D eigenvalue weighted by Crippen LogP contribution is -2.26. The number of hydrogen-bond acceptors (Lipinski definition) is 7. The number of nitrogen functional groups attached to an aromatic ring is 1. The van der Waals surface area contributed by atoms with Crippen molar-refractivity contribution < 1.29 is 9.47 Å². The molecule has 1 fully saturated rings. The molecular formula is C15H18N4O2S. The van der Waals surface area contributed by atoms with Gasteiger partial charge in [0, 0.05) is 23.8 Å². The van der Waals surface area contributed by atoms with Crippen LogP contribution < -0.4 is 15.9 Å². The number of nitrogens with one attached hydrogen (secondary N) is 1. The normalized spacial score (nSPS) is 16.0. The molecule has 1 aliphatic heterocycles. The van der Waals surface area contributed by atoms with Crippen molar-refractivity contribution >= 4 is 28.5 Å². The summed E-state index contributed by atoms with van der Waals surface area (Å²) in [5.41, 5.74) is 9.36. The molecule has 1 aromatic carbocycles. The fourth-order valence-electron chi connectivity index (χ4n) is 2.16. The summed E-state index contributed by atoms with van der Waals surface area (Å²) < 4.78 is 11.4. The van der Waals surface area contributed by atoms with Crippen molar-refractivity contribution in [3.05, 3.63) is 35.2 Å². The van der Waals surface area contributed by atoms with Crippen LogP contribution in [-0.2, 0) is 4.74 Å². The Balaban J connectivity index is 1.65. The number of nitrogens with two attached hydrogens (primary N) is 1. The van der Waals surface area contributed by atoms with Crippen molar-refractivity contribution in [3.63, 3.8) is 0 Å². The lowest BCUT2D eigenvalue weighted by atomic mass is 10.1. The monoisotopic (exact) mass is 318 g/mol. The number of benzene rings is 1. The molecule has 1 aliphatic rings. The summed E-state index contributed by atoms with van der Waals surface area (Å²) in [6.45, 7) is 1.52. The Labute approximate surface area is 133 Å². The zero-order valence-corrected chi connectivity index (χ0v) is 12.9. The van der Waals surface area contributed by atoms with E-state index in [1.165, 1.54) is 11.3 Å². The molecule has 2 aromatic rings. The molecule has 0 unspecified atom stereocenters. The van der Waals surface area contributed by atoms with Gasteiger partial charge >= 0.3 is 0 Å². The van der Waals surface area contributed by atoms with E-state index < -0.39 is 0 Å². The number of aromatic nitrogens is 1. The molecule has 0 spiro atoms. The van der Waals surface area contributed by atoms with Crippen molar-refractivity contribution in [1.29, 1.82) is 0 Å². The SMILES string of the molecule is Nc1csc(NN=Cc2ccccc2OC2CCOCC2)n1. The second kappa shape index (κ2) is 7.24. The number of rotatable bonds is 5. The van der Waals surface area contributed by atoms with Gasteiger partial charge in [-0.3, -0.25) is 5.43 Å². The first-order chi connectivity index (χ1) is 10.8. The molecule has 7 heteroatoms. The summed E-state index contributed by atoms with van der Waals surface area (Å²) in [5.74, 6) is 1.32. The molecule has 0 saturated carbocycles. The highest BCUT2D eigenvalue weighted by Gasteiger charge is 2.16. The molecule has 0 bridgehead atoms. The van der Waals surface area contributed by atoms with E-state index in [9.17, 15) is 0 Å². The molecule has 3 rings (SSSR count). The Morgan fingerprint density at radius 3 is 2.95 bits per heavy atom. The van der Waals surface area contributed by atoms with Gasteiger partial charge in [-0.05, 0) is 12.1 Å². The molecular weight excluding hydrogens is 300 g/mol. The molecule has 6 nitrogen and oxygen atoms in total. The van der Waals surface area contributed by atoms with E-state index in [2.05, 4.69) is 15.5 Å². The topological polar surface area (TPSA) is 81.8 Å². The molecule has 116 valence electrons. The van der Waals surface area contributed by atoms with Gasteiger partial charge in [-0.2, -0.15) is 5.10 Å². The van der Waals surface area contributed by atoms with Gasteiger partial charge < -0.3 is 15.2 Å². The maximum Gasteiger partial charge on any atom is 0.205 e. The average molecular weight is 318 g/mol. The first kappa shape index (κ1) is 14.8. The fourth-order valence-corrected chi connectivity index (χ4v) is 2.71. The summed E-state index contributed by atoms with van der Waals surface area (Å²) in [7, 11) is 0. The summed E-state index contributed by atoms with van der Waals surface area (Å²) in [4.78, 5) is 4.08. The van der Waals surface area contributed by atoms with Crippen LogP contribution in [0.4, 0.5) is 10.9 Å². The summed E-state index contributed by atoms with van der Waals surface area (Å²) >= 11 is 1.41. The lowest BCUT2D eigenvalue weighted by Gasteiger charge is -2.24. The highest BCUT2D eigenvalue weighted by atomic mass is 32.1. The van der Waals surface area contributed by atoms with Crippen LogP contribution in [0.3, 0.4) is 0 Å². The molecule has 1 aromatic heterocycles. The number of nitrogens with zero attached hydrogens (tertiary/aromatic N) is 2. The number of anilines is 2. The maximum atomic E-state index is 6.06. The largest absolute Gasteiger partial charge is 0.490 e. The minimum absolute atomic E-state index is 0.204. The standard InChI is InChI=1S/C15H18N4O2S/c16-14-10-22-15(18-14)19-17-9-11-3-1-2-4-13(11)21-12-5-7-20-8-6-12/h1-4,9-10,12H,5-8,16H2,(H,18,19). The highest BCUT2D eigenvalue weighted by Crippen LogP contribution is 2.21. The van der Waals surface area contributed by atoms with Gasteiger partial charge in [-0.15, -0.1) is 11.3 Å². The van der Waals surface area contributed by atoms with Gasteiger partial charge in [0.05, 0.1) is 19.4 Å². The number of para-hydroxylation sites is 1. The number of hydrazone groups is 1. The lowest BCUT2D eigenvalue weighted by molar-refractivity contribution is 0.0255. The summed E-state index contributed by atoms with van der Waals surface area (Å²) in [5, 5.41) is 6.62. The molecule has 0 amide bonds. The Kier molecular flexibility index (Phi) is 4.87. The minimum Gasteiger partial charge on any atom is -0.490 e. The second-order valence-corrected chi connectivity index (χ2v) is 5.77. The van der Waals surface area contributed by atoms with Crippen molar-refractivity contribution in [3.8, 4) is 5.75 Å². The van der Waals surface area contributed by atoms with Gasteiger partial charge in [-0.25, -0.2) is 4.98 Å². The zero-order valence-electron chi connectivity index (χ0n) is 12.1. The Bertz CT molecular complexity index is 638. The third-order valence-corrected chi connectivity index (χ3v) is 4.03. The van der Waals surface area contributed by atoms with Crippen LogP contribution in [0.2, 0.25) is 0 Å². The van der Waals surface area contributed by atoms with Crippen LogP contribution in [0.1, 0.15) is 18.4 Å². The molecule has 3 N–H and O–H groups in total. The van der Waals surface area contributed by atoms with Gasteiger partial charge in [-0.1, -0.05) is 12.1 Å². The highest BCUT2D eigenvalue weighted by molar-refractivity contribution is 7.14. The third-order valence-electron chi connectivity index (χ3n) is 3.27. The van der Waals surface area contributed by atoms with Crippen molar-refractivity contribution in [2.45, 2.75) is 18.9 Å². The summed E-state index contributed by atoms with van der Waals surface area (Å²) in [6, 6.07) is 7.84. The number of hydrogen-bond donors (Lipinski definition) is 2. The molecule has 1 saturated heterocycles. The quantitative estimate of drug-likeness (QED) is 0.654. The second-order valence-electron chi connectivity index (χ2n) is 4.91. The van der Waals surface area contributed by atoms with Crippen LogP contribution in [0, 0.1) is 0 Å². The fraction of sp³-hybridized carbons (Fsp3) is 0.333. The molecule has 0 aliphatic carbocycles. The van der Waals surface area contributed by atoms with Gasteiger partial charge in [0.2, 0.25) is 5.13 Å². The Hall–Kier alpha value is -2.12. The van der Waals surface area contributed by atoms with Crippen molar-refractivity contribution in [2.75, 3.05) is 24.4 Å². The molecule has 22 heavy (non-hydrogen) atoms. The Morgan fingerprint density at radius 2 is 2.18 bits per heavy atom. The molecule has 0 atom stereocenters. The van der Waals surface area contributed by atoms with E-state index in [-0.39, 0.29) is 6.10 Å². The summed E-state index contributed by atoms with van der Waals surface area (Å²) in [6.07, 6.45) is 3.77. The van der Waals surface area contributed by atoms with E-state index in [0.29, 0.717) is 10.9 Å². The van der Waals surface area contributed by atoms with Crippen LogP contribution in [0.15, 0.2) is 34.7 Å². The van der Waals surface area contributed by atoms with Gasteiger partial charge in [0.1, 0.15) is 17.7 Å². The predicted octanol–water partition coefficient (Wildman–Crippen LogP) is 2.73. The van der Waals surface area contributed by atoms with Crippen molar-refractivity contribution in [2.24, 2.45) is 5.10 Å². The smallest absolute Gasteiger partial charge is 0.205 e. The molecule has 2 heterocycles. The van der Waals surface area contributed by atoms with Gasteiger partial charge in [0.25, 0.3) is 0 Å². The predicted molar refractivity (Wildman–Crippen MR) is 88.7 cm³/mol. The van der Waals surface area contributed by atoms with Crippen LogP contribution >= 0.6 is 11.3 Å². The zero-order chi connectivity index (χ0) is 15.2. The minimum atomic E-state index is 0.204. The van der Waals surface area contributed by atoms with E-state index >= 15 is 0 Å². The number of thiazole rings is 1. The van der Waals surface area contributed by atoms with Gasteiger partial charge in [0.15, 0.2) is 0 Å². The third kappa shape index (κ3) is 3.96. The van der Waals surface area contributed by atoms with Crippen LogP contribution in [-0.4, -0.2) is 30.5 Å². The van der Waals surface area contributed by atoms with Crippen LogP contribution in [0.5, 0.6) is 5.75 Å². The maximum absolute atomic E-state index is 6.06. The van der Waals surface area contributed by atoms with E-state index in [4.69, 9.17) is 15.2 Å². The average Bonchev–Trinajstić information content (AvgIpc) is 2.95. The van der Waals surface area contributed by atoms with Crippen molar-refractivity contribution in [1.82, 2.24) is 4.98 Å². The van der Waals surface area contributed by atoms with E-state index in [1.807, 2.05) is 24.3 Å². The van der Waals surface area contributed by atoms with E-state index in [1.54, 1.807) is 11.6 Å². The molecule has 0 radical (unpaired) electrons. The van der Waals surface area contributed by atoms with Crippen LogP contribution in [0.25, 0.3) is 0 Å². The first-order valence-electron chi connectivity index (χ1n) is 7.15. The first-order valence-corrected chi connectivity index (χ1v) is 8.03. The Morgan fingerprint density at radius 1 is 1.36 bits per heavy atom. The number of ether oxygens (including phenoxy) is 2. The van der Waals surface area contributed by atoms with E-state index in [0.717, 1.165) is 37.4 Å².